The van der Waals surface area contributed by atoms with Gasteiger partial charge in [0.1, 0.15) is 0 Å². The molecule has 2 aromatic carbocycles. The molecule has 2 aromatic rings. The number of carbonyl (C=O) groups excluding carboxylic acids is 1. The number of rotatable bonds is 11. The van der Waals surface area contributed by atoms with Gasteiger partial charge in [-0.1, -0.05) is 80.9 Å². The third kappa shape index (κ3) is 7.60. The maximum atomic E-state index is 13.1. The van der Waals surface area contributed by atoms with Crippen LogP contribution in [0.3, 0.4) is 0 Å². The predicted octanol–water partition coefficient (Wildman–Crippen LogP) is 4.37. The van der Waals surface area contributed by atoms with Gasteiger partial charge in [-0.05, 0) is 24.0 Å². The molecule has 2 rings (SSSR count). The lowest BCUT2D eigenvalue weighted by atomic mass is 9.97. The van der Waals surface area contributed by atoms with Crippen LogP contribution in [0.4, 0.5) is 0 Å². The molecule has 0 bridgehead atoms. The molecule has 1 atom stereocenters. The largest absolute Gasteiger partial charge is 0.344 e. The Bertz CT molecular complexity index is 624. The molecule has 4 nitrogen and oxygen atoms in total. The summed E-state index contributed by atoms with van der Waals surface area (Å²) < 4.78 is 3.14. The first-order valence-corrected chi connectivity index (χ1v) is 10.7. The third-order valence-corrected chi connectivity index (χ3v) is 4.96. The molecule has 5 heteroatoms. The monoisotopic (exact) mass is 479 g/mol. The summed E-state index contributed by atoms with van der Waals surface area (Å²) in [5, 5.41) is 6.71. The lowest BCUT2D eigenvalue weighted by Crippen LogP contribution is -2.48. The molecule has 0 heterocycles. The molecule has 0 spiro atoms. The van der Waals surface area contributed by atoms with E-state index in [1.165, 1.54) is 0 Å². The zero-order valence-corrected chi connectivity index (χ0v) is 18.3. The Morgan fingerprint density at radius 3 is 1.96 bits per heavy atom. The highest BCUT2D eigenvalue weighted by molar-refractivity contribution is 14.1. The van der Waals surface area contributed by atoms with Gasteiger partial charge in [0.15, 0.2) is 0 Å². The minimum absolute atomic E-state index is 0.0591. The zero-order chi connectivity index (χ0) is 19.5. The van der Waals surface area contributed by atoms with E-state index in [0.717, 1.165) is 36.9 Å². The number of nitrogens with one attached hydrogen (secondary N) is 3. The second-order valence-corrected chi connectivity index (χ2v) is 7.78. The fraction of sp³-hybridized carbons (Fsp3) is 0.409. The van der Waals surface area contributed by atoms with E-state index in [9.17, 15) is 4.79 Å². The quantitative estimate of drug-likeness (QED) is 0.255. The Labute approximate surface area is 177 Å². The summed E-state index contributed by atoms with van der Waals surface area (Å²) in [5.74, 6) is 0.0591. The van der Waals surface area contributed by atoms with Crippen molar-refractivity contribution in [1.82, 2.24) is 14.2 Å². The number of benzene rings is 2. The SMILES string of the molecule is CC(C)NC(CCCCNI)C(=O)NC(c1ccccc1)c1ccccc1. The first kappa shape index (κ1) is 21.9. The van der Waals surface area contributed by atoms with Gasteiger partial charge in [-0.2, -0.15) is 0 Å². The van der Waals surface area contributed by atoms with Crippen LogP contribution in [0, 0.1) is 0 Å². The van der Waals surface area contributed by atoms with Crippen LogP contribution in [0.2, 0.25) is 0 Å². The van der Waals surface area contributed by atoms with Gasteiger partial charge in [0.05, 0.1) is 12.1 Å². The lowest BCUT2D eigenvalue weighted by molar-refractivity contribution is -0.124. The standard InChI is InChI=1S/C22H30IN3O/c1-17(2)25-20(15-9-10-16-24-23)22(27)26-21(18-11-5-3-6-12-18)19-13-7-4-8-14-19/h3-8,11-14,17,20-21,24-25H,9-10,15-16H2,1-2H3,(H,26,27). The average molecular weight is 479 g/mol. The van der Waals surface area contributed by atoms with Crippen LogP contribution in [-0.2, 0) is 4.79 Å². The zero-order valence-electron chi connectivity index (χ0n) is 16.1. The molecule has 0 aliphatic rings. The molecule has 1 unspecified atom stereocenters. The second kappa shape index (κ2) is 12.1. The highest BCUT2D eigenvalue weighted by Crippen LogP contribution is 2.22. The molecular formula is C22H30IN3O. The summed E-state index contributed by atoms with van der Waals surface area (Å²) >= 11 is 2.16. The maximum Gasteiger partial charge on any atom is 0.237 e. The van der Waals surface area contributed by atoms with Crippen molar-refractivity contribution in [2.75, 3.05) is 6.54 Å². The highest BCUT2D eigenvalue weighted by Gasteiger charge is 2.23. The molecule has 0 aliphatic heterocycles. The molecule has 0 saturated heterocycles. The van der Waals surface area contributed by atoms with Gasteiger partial charge in [-0.3, -0.25) is 8.32 Å². The van der Waals surface area contributed by atoms with Gasteiger partial charge in [-0.15, -0.1) is 0 Å². The summed E-state index contributed by atoms with van der Waals surface area (Å²) in [6, 6.07) is 20.2. The Morgan fingerprint density at radius 2 is 1.48 bits per heavy atom. The van der Waals surface area contributed by atoms with Crippen molar-refractivity contribution in [1.29, 1.82) is 0 Å². The number of hydrogen-bond donors (Lipinski definition) is 3. The Balaban J connectivity index is 2.14. The number of unbranched alkanes of at least 4 members (excludes halogenated alkanes) is 1. The first-order valence-electron chi connectivity index (χ1n) is 9.61. The number of halogens is 1. The normalized spacial score (nSPS) is 12.3. The van der Waals surface area contributed by atoms with Crippen LogP contribution in [0.1, 0.15) is 50.3 Å². The van der Waals surface area contributed by atoms with Crippen molar-refractivity contribution >= 4 is 28.8 Å². The minimum atomic E-state index is -0.186. The molecule has 3 N–H and O–H groups in total. The maximum absolute atomic E-state index is 13.1. The highest BCUT2D eigenvalue weighted by atomic mass is 127. The lowest BCUT2D eigenvalue weighted by Gasteiger charge is -2.25. The van der Waals surface area contributed by atoms with Crippen molar-refractivity contribution < 1.29 is 4.79 Å². The summed E-state index contributed by atoms with van der Waals surface area (Å²) in [5.41, 5.74) is 2.18. The van der Waals surface area contributed by atoms with Crippen molar-refractivity contribution in [3.63, 3.8) is 0 Å². The number of hydrogen-bond acceptors (Lipinski definition) is 3. The average Bonchev–Trinajstić information content (AvgIpc) is 2.69. The minimum Gasteiger partial charge on any atom is -0.344 e. The van der Waals surface area contributed by atoms with Gasteiger partial charge in [0.25, 0.3) is 0 Å². The fourth-order valence-corrected chi connectivity index (χ4v) is 3.51. The Morgan fingerprint density at radius 1 is 0.926 bits per heavy atom. The van der Waals surface area contributed by atoms with Crippen LogP contribution in [0.5, 0.6) is 0 Å². The Kier molecular flexibility index (Phi) is 9.80. The molecular weight excluding hydrogens is 449 g/mol. The van der Waals surface area contributed by atoms with E-state index in [4.69, 9.17) is 0 Å². The Hall–Kier alpha value is -1.44. The van der Waals surface area contributed by atoms with Crippen LogP contribution in [0.15, 0.2) is 60.7 Å². The van der Waals surface area contributed by atoms with Crippen molar-refractivity contribution in [2.45, 2.75) is 51.2 Å². The van der Waals surface area contributed by atoms with Crippen molar-refractivity contribution in [3.8, 4) is 0 Å². The van der Waals surface area contributed by atoms with Gasteiger partial charge in [-0.25, -0.2) is 0 Å². The number of carbonyl (C=O) groups is 1. The van der Waals surface area contributed by atoms with Gasteiger partial charge in [0.2, 0.25) is 5.91 Å². The van der Waals surface area contributed by atoms with E-state index >= 15 is 0 Å². The third-order valence-electron chi connectivity index (χ3n) is 4.42. The van der Waals surface area contributed by atoms with Gasteiger partial charge >= 0.3 is 0 Å². The van der Waals surface area contributed by atoms with Crippen molar-refractivity contribution in [2.24, 2.45) is 0 Å². The molecule has 0 fully saturated rings. The van der Waals surface area contributed by atoms with Crippen LogP contribution < -0.4 is 14.2 Å². The van der Waals surface area contributed by atoms with E-state index in [2.05, 4.69) is 75.1 Å². The molecule has 0 aromatic heterocycles. The van der Waals surface area contributed by atoms with Gasteiger partial charge < -0.3 is 10.6 Å². The fourth-order valence-electron chi connectivity index (χ4n) is 3.13. The van der Waals surface area contributed by atoms with E-state index in [1.54, 1.807) is 0 Å². The number of amides is 1. The van der Waals surface area contributed by atoms with E-state index in [1.807, 2.05) is 36.4 Å². The molecule has 0 saturated carbocycles. The molecule has 146 valence electrons. The van der Waals surface area contributed by atoms with Crippen molar-refractivity contribution in [3.05, 3.63) is 71.8 Å². The molecule has 27 heavy (non-hydrogen) atoms. The molecule has 1 amide bonds. The predicted molar refractivity (Wildman–Crippen MR) is 121 cm³/mol. The summed E-state index contributed by atoms with van der Waals surface area (Å²) in [7, 11) is 0. The van der Waals surface area contributed by atoms with E-state index in [0.29, 0.717) is 0 Å². The van der Waals surface area contributed by atoms with Crippen LogP contribution in [-0.4, -0.2) is 24.5 Å². The second-order valence-electron chi connectivity index (χ2n) is 7.02. The summed E-state index contributed by atoms with van der Waals surface area (Å²) in [4.78, 5) is 13.1. The molecule has 0 aliphatic carbocycles. The van der Waals surface area contributed by atoms with Crippen LogP contribution in [0.25, 0.3) is 0 Å². The van der Waals surface area contributed by atoms with Crippen LogP contribution >= 0.6 is 22.9 Å². The van der Waals surface area contributed by atoms with E-state index in [-0.39, 0.29) is 24.0 Å². The van der Waals surface area contributed by atoms with E-state index < -0.39 is 0 Å². The first-order chi connectivity index (χ1) is 13.1. The summed E-state index contributed by atoms with van der Waals surface area (Å²) in [6.07, 6.45) is 2.90. The topological polar surface area (TPSA) is 53.2 Å². The summed E-state index contributed by atoms with van der Waals surface area (Å²) in [6.45, 7) is 5.13. The molecule has 0 radical (unpaired) electrons. The smallest absolute Gasteiger partial charge is 0.237 e. The van der Waals surface area contributed by atoms with Gasteiger partial charge in [0, 0.05) is 35.5 Å².